The highest BCUT2D eigenvalue weighted by molar-refractivity contribution is 7.09. The van der Waals surface area contributed by atoms with Crippen LogP contribution in [0.2, 0.25) is 0 Å². The molecule has 29 heavy (non-hydrogen) atoms. The molecule has 1 atom stereocenters. The second-order valence-corrected chi connectivity index (χ2v) is 7.46. The van der Waals surface area contributed by atoms with Crippen molar-refractivity contribution in [2.24, 2.45) is 0 Å². The highest BCUT2D eigenvalue weighted by atomic mass is 32.1. The van der Waals surface area contributed by atoms with E-state index in [1.807, 2.05) is 12.3 Å². The predicted octanol–water partition coefficient (Wildman–Crippen LogP) is 2.77. The number of hydrogen-bond acceptors (Lipinski definition) is 7. The lowest BCUT2D eigenvalue weighted by molar-refractivity contribution is -0.124. The molecular weight excluding hydrogens is 394 g/mol. The Bertz CT molecular complexity index is 877. The summed E-state index contributed by atoms with van der Waals surface area (Å²) in [4.78, 5) is 29.6. The van der Waals surface area contributed by atoms with Crippen molar-refractivity contribution in [3.8, 4) is 11.5 Å². The average Bonchev–Trinajstić information content (AvgIpc) is 3.43. The van der Waals surface area contributed by atoms with Crippen LogP contribution in [-0.4, -0.2) is 43.7 Å². The molecule has 0 spiro atoms. The number of ether oxygens (including phenoxy) is 3. The molecule has 2 amide bonds. The number of thiazole rings is 1. The Hall–Kier alpha value is -2.65. The number of nitrogens with zero attached hydrogens (tertiary/aromatic N) is 1. The molecule has 3 rings (SSSR count). The van der Waals surface area contributed by atoms with E-state index < -0.39 is 6.10 Å². The van der Waals surface area contributed by atoms with E-state index in [0.717, 1.165) is 23.5 Å². The largest absolute Gasteiger partial charge is 0.493 e. The van der Waals surface area contributed by atoms with E-state index in [9.17, 15) is 9.59 Å². The van der Waals surface area contributed by atoms with Crippen LogP contribution in [0, 0.1) is 0 Å². The molecule has 8 nitrogen and oxygen atoms in total. The quantitative estimate of drug-likeness (QED) is 0.683. The third kappa shape index (κ3) is 5.04. The number of carbonyl (C=O) groups excluding carboxylic acids is 2. The molecule has 1 unspecified atom stereocenters. The Kier molecular flexibility index (Phi) is 7.05. The molecule has 1 aliphatic rings. The van der Waals surface area contributed by atoms with E-state index in [1.54, 1.807) is 23.5 Å². The Balaban J connectivity index is 1.78. The molecule has 1 saturated heterocycles. The first-order chi connectivity index (χ1) is 14.0. The minimum absolute atomic E-state index is 0.269. The minimum atomic E-state index is -0.499. The third-order valence-corrected chi connectivity index (χ3v) is 5.59. The van der Waals surface area contributed by atoms with Gasteiger partial charge in [-0.15, -0.1) is 11.3 Å². The van der Waals surface area contributed by atoms with E-state index in [1.165, 1.54) is 14.2 Å². The second kappa shape index (κ2) is 9.71. The summed E-state index contributed by atoms with van der Waals surface area (Å²) >= 11 is 1.57. The molecule has 0 aliphatic carbocycles. The number of methoxy groups -OCH3 is 2. The third-order valence-electron chi connectivity index (χ3n) is 4.55. The van der Waals surface area contributed by atoms with Crippen molar-refractivity contribution in [1.82, 2.24) is 10.3 Å². The van der Waals surface area contributed by atoms with Crippen molar-refractivity contribution in [1.29, 1.82) is 0 Å². The van der Waals surface area contributed by atoms with Gasteiger partial charge in [0.2, 0.25) is 0 Å². The molecule has 1 aliphatic heterocycles. The van der Waals surface area contributed by atoms with Crippen LogP contribution in [0.1, 0.15) is 40.8 Å². The van der Waals surface area contributed by atoms with Crippen molar-refractivity contribution < 1.29 is 23.8 Å². The van der Waals surface area contributed by atoms with Gasteiger partial charge in [0.15, 0.2) is 11.5 Å². The Morgan fingerprint density at radius 2 is 2.14 bits per heavy atom. The predicted molar refractivity (Wildman–Crippen MR) is 110 cm³/mol. The van der Waals surface area contributed by atoms with Crippen LogP contribution >= 0.6 is 11.3 Å². The Labute approximate surface area is 173 Å². The summed E-state index contributed by atoms with van der Waals surface area (Å²) in [6, 6.07) is 3.15. The smallest absolute Gasteiger partial charge is 0.253 e. The Morgan fingerprint density at radius 3 is 2.76 bits per heavy atom. The van der Waals surface area contributed by atoms with Crippen LogP contribution in [0.5, 0.6) is 11.5 Å². The number of aromatic nitrogens is 1. The highest BCUT2D eigenvalue weighted by Gasteiger charge is 2.26. The monoisotopic (exact) mass is 419 g/mol. The minimum Gasteiger partial charge on any atom is -0.493 e. The van der Waals surface area contributed by atoms with Gasteiger partial charge in [-0.1, -0.05) is 6.92 Å². The molecular formula is C20H25N3O5S. The lowest BCUT2D eigenvalue weighted by Gasteiger charge is -2.17. The van der Waals surface area contributed by atoms with Gasteiger partial charge in [-0.3, -0.25) is 9.59 Å². The molecule has 1 aromatic heterocycles. The zero-order chi connectivity index (χ0) is 20.8. The van der Waals surface area contributed by atoms with Crippen molar-refractivity contribution in [3.05, 3.63) is 33.8 Å². The number of amides is 2. The molecule has 1 aromatic carbocycles. The maximum Gasteiger partial charge on any atom is 0.253 e. The fourth-order valence-electron chi connectivity index (χ4n) is 3.05. The molecule has 1 fully saturated rings. The van der Waals surface area contributed by atoms with Crippen molar-refractivity contribution >= 4 is 28.8 Å². The van der Waals surface area contributed by atoms with E-state index in [-0.39, 0.29) is 11.8 Å². The number of nitrogens with one attached hydrogen (secondary N) is 2. The SMILES string of the molecule is CCc1nc(CNC(=O)c2cc(NC(=O)C3CCCO3)c(OC)c(OC)c2)cs1. The van der Waals surface area contributed by atoms with Crippen molar-refractivity contribution in [2.45, 2.75) is 38.8 Å². The van der Waals surface area contributed by atoms with Gasteiger partial charge in [-0.2, -0.15) is 0 Å². The van der Waals surface area contributed by atoms with Crippen LogP contribution in [0.25, 0.3) is 0 Å². The van der Waals surface area contributed by atoms with Gasteiger partial charge in [0, 0.05) is 17.6 Å². The van der Waals surface area contributed by atoms with Gasteiger partial charge in [0.25, 0.3) is 11.8 Å². The number of carbonyl (C=O) groups is 2. The van der Waals surface area contributed by atoms with E-state index in [0.29, 0.717) is 42.3 Å². The zero-order valence-corrected chi connectivity index (χ0v) is 17.6. The molecule has 156 valence electrons. The van der Waals surface area contributed by atoms with Crippen molar-refractivity contribution in [2.75, 3.05) is 26.1 Å². The number of anilines is 1. The molecule has 2 heterocycles. The molecule has 0 radical (unpaired) electrons. The van der Waals surface area contributed by atoms with E-state index in [2.05, 4.69) is 15.6 Å². The average molecular weight is 420 g/mol. The second-order valence-electron chi connectivity index (χ2n) is 6.52. The number of rotatable bonds is 8. The lowest BCUT2D eigenvalue weighted by atomic mass is 10.1. The normalized spacial score (nSPS) is 15.8. The summed E-state index contributed by atoms with van der Waals surface area (Å²) < 4.78 is 16.2. The van der Waals surface area contributed by atoms with Crippen LogP contribution in [0.4, 0.5) is 5.69 Å². The van der Waals surface area contributed by atoms with E-state index in [4.69, 9.17) is 14.2 Å². The maximum absolute atomic E-state index is 12.7. The zero-order valence-electron chi connectivity index (χ0n) is 16.7. The number of benzene rings is 1. The number of hydrogen-bond donors (Lipinski definition) is 2. The lowest BCUT2D eigenvalue weighted by Crippen LogP contribution is -2.27. The maximum atomic E-state index is 12.7. The van der Waals surface area contributed by atoms with Gasteiger partial charge in [0.05, 0.1) is 37.2 Å². The van der Waals surface area contributed by atoms with Gasteiger partial charge >= 0.3 is 0 Å². The molecule has 0 bridgehead atoms. The summed E-state index contributed by atoms with van der Waals surface area (Å²) in [6.45, 7) is 2.93. The summed E-state index contributed by atoms with van der Waals surface area (Å²) in [5, 5.41) is 8.61. The van der Waals surface area contributed by atoms with Crippen LogP contribution in [0.3, 0.4) is 0 Å². The van der Waals surface area contributed by atoms with Crippen molar-refractivity contribution in [3.63, 3.8) is 0 Å². The molecule has 2 aromatic rings. The Morgan fingerprint density at radius 1 is 1.31 bits per heavy atom. The summed E-state index contributed by atoms with van der Waals surface area (Å²) in [5.41, 5.74) is 1.52. The van der Waals surface area contributed by atoms with Gasteiger partial charge in [-0.05, 0) is 31.4 Å². The van der Waals surface area contributed by atoms with Gasteiger partial charge in [0.1, 0.15) is 6.10 Å². The fraction of sp³-hybridized carbons (Fsp3) is 0.450. The topological polar surface area (TPSA) is 98.8 Å². The van der Waals surface area contributed by atoms with Crippen LogP contribution in [0.15, 0.2) is 17.5 Å². The molecule has 9 heteroatoms. The van der Waals surface area contributed by atoms with Gasteiger partial charge < -0.3 is 24.8 Å². The fourth-order valence-corrected chi connectivity index (χ4v) is 3.80. The highest BCUT2D eigenvalue weighted by Crippen LogP contribution is 2.37. The van der Waals surface area contributed by atoms with Crippen LogP contribution < -0.4 is 20.1 Å². The molecule has 2 N–H and O–H groups in total. The first-order valence-electron chi connectivity index (χ1n) is 9.45. The molecule has 0 saturated carbocycles. The standard InChI is InChI=1S/C20H25N3O5S/c1-4-17-22-13(11-29-17)10-21-19(24)12-8-14(18(27-3)16(9-12)26-2)23-20(25)15-6-5-7-28-15/h8-9,11,15H,4-7,10H2,1-3H3,(H,21,24)(H,23,25). The van der Waals surface area contributed by atoms with E-state index >= 15 is 0 Å². The van der Waals surface area contributed by atoms with Crippen LogP contribution in [-0.2, 0) is 22.5 Å². The first-order valence-corrected chi connectivity index (χ1v) is 10.3. The summed E-state index contributed by atoms with van der Waals surface area (Å²) in [6.07, 6.45) is 1.87. The summed E-state index contributed by atoms with van der Waals surface area (Å²) in [7, 11) is 2.96. The first kappa shape index (κ1) is 21.1. The number of aryl methyl sites for hydroxylation is 1. The summed E-state index contributed by atoms with van der Waals surface area (Å²) in [5.74, 6) is 0.131. The van der Waals surface area contributed by atoms with Gasteiger partial charge in [-0.25, -0.2) is 4.98 Å².